The van der Waals surface area contributed by atoms with Gasteiger partial charge in [-0.25, -0.2) is 0 Å². The fourth-order valence-electron chi connectivity index (χ4n) is 1.86. The molecule has 0 fully saturated rings. The van der Waals surface area contributed by atoms with Crippen LogP contribution in [0.15, 0.2) is 35.7 Å². The molecule has 0 spiro atoms. The molecular formula is C13H13ClN2O2S. The van der Waals surface area contributed by atoms with Crippen LogP contribution in [0.3, 0.4) is 0 Å². The van der Waals surface area contributed by atoms with Crippen LogP contribution in [0, 0.1) is 10.1 Å². The van der Waals surface area contributed by atoms with Gasteiger partial charge in [0.1, 0.15) is 10.7 Å². The molecule has 1 atom stereocenters. The van der Waals surface area contributed by atoms with E-state index in [1.54, 1.807) is 23.5 Å². The smallest absolute Gasteiger partial charge is 0.310 e. The molecule has 2 aromatic rings. The van der Waals surface area contributed by atoms with Crippen LogP contribution in [-0.4, -0.2) is 11.0 Å². The number of nitro benzene ring substituents is 1. The lowest BCUT2D eigenvalue weighted by atomic mass is 10.2. The fraction of sp³-hybridized carbons (Fsp3) is 0.231. The van der Waals surface area contributed by atoms with Gasteiger partial charge in [-0.1, -0.05) is 23.7 Å². The van der Waals surface area contributed by atoms with Gasteiger partial charge in [0.15, 0.2) is 0 Å². The van der Waals surface area contributed by atoms with Gasteiger partial charge in [0, 0.05) is 17.3 Å². The van der Waals surface area contributed by atoms with E-state index in [0.717, 1.165) is 6.42 Å². The molecule has 1 unspecified atom stereocenters. The van der Waals surface area contributed by atoms with Crippen molar-refractivity contribution in [2.75, 3.05) is 5.32 Å². The highest BCUT2D eigenvalue weighted by molar-refractivity contribution is 7.09. The molecule has 0 bridgehead atoms. The number of benzene rings is 1. The second kappa shape index (κ2) is 6.04. The van der Waals surface area contributed by atoms with E-state index >= 15 is 0 Å². The Morgan fingerprint density at radius 1 is 1.42 bits per heavy atom. The van der Waals surface area contributed by atoms with Gasteiger partial charge in [0.05, 0.1) is 4.92 Å². The first kappa shape index (κ1) is 13.8. The van der Waals surface area contributed by atoms with Gasteiger partial charge in [0.2, 0.25) is 0 Å². The van der Waals surface area contributed by atoms with Crippen molar-refractivity contribution in [3.05, 3.63) is 55.7 Å². The van der Waals surface area contributed by atoms with Gasteiger partial charge >= 0.3 is 5.69 Å². The number of nitrogens with one attached hydrogen (secondary N) is 1. The van der Waals surface area contributed by atoms with Crippen LogP contribution in [0.4, 0.5) is 11.4 Å². The maximum absolute atomic E-state index is 11.0. The van der Waals surface area contributed by atoms with Gasteiger partial charge in [-0.3, -0.25) is 10.1 Å². The lowest BCUT2D eigenvalue weighted by Crippen LogP contribution is -2.18. The molecule has 1 aromatic heterocycles. The molecule has 0 saturated heterocycles. The Bertz CT molecular complexity index is 572. The minimum atomic E-state index is -0.456. The molecule has 1 N–H and O–H groups in total. The average molecular weight is 297 g/mol. The molecule has 1 aromatic carbocycles. The van der Waals surface area contributed by atoms with E-state index in [1.807, 2.05) is 18.4 Å². The molecule has 1 heterocycles. The highest BCUT2D eigenvalue weighted by Gasteiger charge is 2.19. The van der Waals surface area contributed by atoms with Gasteiger partial charge in [-0.05, 0) is 30.5 Å². The lowest BCUT2D eigenvalue weighted by Gasteiger charge is -2.14. The van der Waals surface area contributed by atoms with Crippen LogP contribution in [0.5, 0.6) is 0 Å². The highest BCUT2D eigenvalue weighted by atomic mass is 35.5. The number of nitro groups is 1. The highest BCUT2D eigenvalue weighted by Crippen LogP contribution is 2.32. The molecule has 0 aliphatic rings. The lowest BCUT2D eigenvalue weighted by molar-refractivity contribution is -0.383. The molecule has 6 heteroatoms. The summed E-state index contributed by atoms with van der Waals surface area (Å²) in [4.78, 5) is 11.8. The molecule has 0 amide bonds. The van der Waals surface area contributed by atoms with Crippen molar-refractivity contribution in [2.24, 2.45) is 0 Å². The number of rotatable bonds is 5. The van der Waals surface area contributed by atoms with Crippen molar-refractivity contribution in [3.63, 3.8) is 0 Å². The topological polar surface area (TPSA) is 55.2 Å². The molecule has 0 radical (unpaired) electrons. The van der Waals surface area contributed by atoms with E-state index in [4.69, 9.17) is 11.6 Å². The van der Waals surface area contributed by atoms with E-state index in [2.05, 4.69) is 11.4 Å². The van der Waals surface area contributed by atoms with Gasteiger partial charge in [-0.15, -0.1) is 11.3 Å². The monoisotopic (exact) mass is 296 g/mol. The van der Waals surface area contributed by atoms with Gasteiger partial charge in [0.25, 0.3) is 0 Å². The minimum Gasteiger partial charge on any atom is -0.377 e. The quantitative estimate of drug-likeness (QED) is 0.659. The number of para-hydroxylation sites is 1. The standard InChI is InChI=1S/C13H13ClN2O2S/c1-9(8-10-4-3-7-19-10)15-12-6-2-5-11(14)13(12)16(17)18/h2-7,9,15H,8H2,1H3. The van der Waals surface area contributed by atoms with Gasteiger partial charge in [-0.2, -0.15) is 0 Å². The molecule has 0 aliphatic heterocycles. The van der Waals surface area contributed by atoms with Crippen LogP contribution in [0.1, 0.15) is 11.8 Å². The van der Waals surface area contributed by atoms with Crippen molar-refractivity contribution < 1.29 is 4.92 Å². The fourth-order valence-corrected chi connectivity index (χ4v) is 2.94. The Morgan fingerprint density at radius 3 is 2.84 bits per heavy atom. The van der Waals surface area contributed by atoms with E-state index in [0.29, 0.717) is 5.69 Å². The molecule has 4 nitrogen and oxygen atoms in total. The van der Waals surface area contributed by atoms with E-state index < -0.39 is 4.92 Å². The summed E-state index contributed by atoms with van der Waals surface area (Å²) in [5, 5.41) is 16.3. The summed E-state index contributed by atoms with van der Waals surface area (Å²) in [5.74, 6) is 0. The molecule has 0 aliphatic carbocycles. The third-order valence-corrected chi connectivity index (χ3v) is 3.86. The largest absolute Gasteiger partial charge is 0.377 e. The normalized spacial score (nSPS) is 12.1. The third-order valence-electron chi connectivity index (χ3n) is 2.66. The summed E-state index contributed by atoms with van der Waals surface area (Å²) in [7, 11) is 0. The van der Waals surface area contributed by atoms with Crippen LogP contribution in [-0.2, 0) is 6.42 Å². The zero-order valence-corrected chi connectivity index (χ0v) is 11.9. The van der Waals surface area contributed by atoms with E-state index in [-0.39, 0.29) is 16.8 Å². The van der Waals surface area contributed by atoms with Crippen LogP contribution >= 0.6 is 22.9 Å². The SMILES string of the molecule is CC(Cc1cccs1)Nc1cccc(Cl)c1[N+](=O)[O-]. The molecule has 100 valence electrons. The summed E-state index contributed by atoms with van der Waals surface area (Å²) >= 11 is 7.55. The molecule has 2 rings (SSSR count). The maximum Gasteiger partial charge on any atom is 0.310 e. The number of halogens is 1. The van der Waals surface area contributed by atoms with Crippen molar-refractivity contribution >= 4 is 34.3 Å². The Kier molecular flexibility index (Phi) is 4.39. The van der Waals surface area contributed by atoms with E-state index in [1.165, 1.54) is 10.9 Å². The van der Waals surface area contributed by atoms with Crippen molar-refractivity contribution in [3.8, 4) is 0 Å². The first-order valence-electron chi connectivity index (χ1n) is 5.79. The molecular weight excluding hydrogens is 284 g/mol. The zero-order chi connectivity index (χ0) is 13.8. The van der Waals surface area contributed by atoms with Crippen molar-refractivity contribution in [2.45, 2.75) is 19.4 Å². The number of thiophene rings is 1. The summed E-state index contributed by atoms with van der Waals surface area (Å²) in [6, 6.07) is 9.04. The summed E-state index contributed by atoms with van der Waals surface area (Å²) in [5.41, 5.74) is 0.392. The van der Waals surface area contributed by atoms with E-state index in [9.17, 15) is 10.1 Å². The Labute approximate surface area is 120 Å². The first-order valence-corrected chi connectivity index (χ1v) is 7.05. The second-order valence-electron chi connectivity index (χ2n) is 4.22. The van der Waals surface area contributed by atoms with Gasteiger partial charge < -0.3 is 5.32 Å². The van der Waals surface area contributed by atoms with Crippen LogP contribution in [0.2, 0.25) is 5.02 Å². The Hall–Kier alpha value is -1.59. The minimum absolute atomic E-state index is 0.0674. The number of hydrogen-bond donors (Lipinski definition) is 1. The maximum atomic E-state index is 11.0. The number of anilines is 1. The second-order valence-corrected chi connectivity index (χ2v) is 5.66. The van der Waals surface area contributed by atoms with Crippen molar-refractivity contribution in [1.82, 2.24) is 0 Å². The Morgan fingerprint density at radius 2 is 2.21 bits per heavy atom. The summed E-state index contributed by atoms with van der Waals surface area (Å²) < 4.78 is 0. The van der Waals surface area contributed by atoms with Crippen LogP contribution in [0.25, 0.3) is 0 Å². The summed E-state index contributed by atoms with van der Waals surface area (Å²) in [6.07, 6.45) is 0.821. The molecule has 19 heavy (non-hydrogen) atoms. The van der Waals surface area contributed by atoms with Crippen LogP contribution < -0.4 is 5.32 Å². The summed E-state index contributed by atoms with van der Waals surface area (Å²) in [6.45, 7) is 1.99. The zero-order valence-electron chi connectivity index (χ0n) is 10.3. The first-order chi connectivity index (χ1) is 9.08. The number of nitrogens with zero attached hydrogens (tertiary/aromatic N) is 1. The predicted octanol–water partition coefficient (Wildman–Crippen LogP) is 4.35. The predicted molar refractivity (Wildman–Crippen MR) is 79.2 cm³/mol. The van der Waals surface area contributed by atoms with Crippen molar-refractivity contribution in [1.29, 1.82) is 0 Å². The Balaban J connectivity index is 2.14. The average Bonchev–Trinajstić information content (AvgIpc) is 2.81. The molecule has 0 saturated carbocycles. The third kappa shape index (κ3) is 3.45. The number of hydrogen-bond acceptors (Lipinski definition) is 4.